The zero-order valence-corrected chi connectivity index (χ0v) is 33.0. The van der Waals surface area contributed by atoms with Gasteiger partial charge in [-0.15, -0.1) is 10.2 Å². The summed E-state index contributed by atoms with van der Waals surface area (Å²) in [5, 5.41) is 9.40. The molecule has 4 nitrogen and oxygen atoms in total. The van der Waals surface area contributed by atoms with Crippen molar-refractivity contribution in [3.8, 4) is 61.8 Å². The molecule has 280 valence electrons. The minimum atomic E-state index is 0.0884. The van der Waals surface area contributed by atoms with Crippen LogP contribution in [0.25, 0.3) is 61.8 Å². The van der Waals surface area contributed by atoms with Crippen molar-refractivity contribution < 1.29 is 0 Å². The van der Waals surface area contributed by atoms with Crippen molar-refractivity contribution in [3.05, 3.63) is 218 Å². The third kappa shape index (κ3) is 7.24. The van der Waals surface area contributed by atoms with Crippen LogP contribution >= 0.6 is 0 Å². The molecule has 0 saturated heterocycles. The SMILES string of the molecule is CC(C)(C)c1ccc(N(c2ccccc2)c2ccc(-c3ccccc3-c3ccccc3-c3ccc(-c4nnc(-c5ccccc5)n4-c4ccccc4)cc3)cc2)cc1. The maximum absolute atomic E-state index is 4.73. The Hall–Kier alpha value is -7.30. The smallest absolute Gasteiger partial charge is 0.168 e. The normalized spacial score (nSPS) is 11.4. The minimum absolute atomic E-state index is 0.0884. The highest BCUT2D eigenvalue weighted by Crippen LogP contribution is 2.41. The minimum Gasteiger partial charge on any atom is -0.311 e. The summed E-state index contributed by atoms with van der Waals surface area (Å²) in [6.07, 6.45) is 0. The highest BCUT2D eigenvalue weighted by atomic mass is 15.3. The number of benzene rings is 8. The maximum Gasteiger partial charge on any atom is 0.168 e. The standard InChI is InChI=1S/C54H44N4/c1-54(2,3)43-33-37-47(38-34-43)57(44-19-9-5-10-20-44)46-35-31-40(32-36-46)49-24-14-16-26-51(49)50-25-15-13-23-48(50)39-27-29-42(30-28-39)53-56-55-52(41-17-7-4-8-18-41)58(53)45-21-11-6-12-22-45/h4-38H,1-3H3. The fourth-order valence-electron chi connectivity index (χ4n) is 7.73. The van der Waals surface area contributed by atoms with E-state index in [9.17, 15) is 0 Å². The Morgan fingerprint density at radius 3 is 1.21 bits per heavy atom. The van der Waals surface area contributed by atoms with Gasteiger partial charge in [0.1, 0.15) is 0 Å². The molecule has 58 heavy (non-hydrogen) atoms. The molecule has 0 unspecified atom stereocenters. The maximum atomic E-state index is 4.73. The van der Waals surface area contributed by atoms with Gasteiger partial charge in [-0.1, -0.05) is 185 Å². The molecule has 0 aliphatic carbocycles. The molecular weight excluding hydrogens is 705 g/mol. The number of nitrogens with zero attached hydrogens (tertiary/aromatic N) is 4. The first kappa shape index (κ1) is 36.3. The first-order valence-electron chi connectivity index (χ1n) is 19.8. The van der Waals surface area contributed by atoms with Crippen LogP contribution in [0.5, 0.6) is 0 Å². The fourth-order valence-corrected chi connectivity index (χ4v) is 7.73. The molecular formula is C54H44N4. The highest BCUT2D eigenvalue weighted by molar-refractivity contribution is 5.92. The van der Waals surface area contributed by atoms with Gasteiger partial charge in [0.25, 0.3) is 0 Å². The van der Waals surface area contributed by atoms with Gasteiger partial charge in [0.2, 0.25) is 0 Å². The van der Waals surface area contributed by atoms with Crippen LogP contribution in [0.15, 0.2) is 212 Å². The summed E-state index contributed by atoms with van der Waals surface area (Å²) in [6, 6.07) is 75.2. The number of hydrogen-bond acceptors (Lipinski definition) is 3. The number of hydrogen-bond donors (Lipinski definition) is 0. The summed E-state index contributed by atoms with van der Waals surface area (Å²) in [4.78, 5) is 2.33. The van der Waals surface area contributed by atoms with Gasteiger partial charge in [0.05, 0.1) is 0 Å². The van der Waals surface area contributed by atoms with Crippen LogP contribution in [0.4, 0.5) is 17.1 Å². The summed E-state index contributed by atoms with van der Waals surface area (Å²) >= 11 is 0. The zero-order chi connectivity index (χ0) is 39.5. The van der Waals surface area contributed by atoms with Gasteiger partial charge in [0.15, 0.2) is 11.6 Å². The van der Waals surface area contributed by atoms with Crippen molar-refractivity contribution in [1.82, 2.24) is 14.8 Å². The van der Waals surface area contributed by atoms with Gasteiger partial charge in [-0.2, -0.15) is 0 Å². The molecule has 9 rings (SSSR count). The summed E-state index contributed by atoms with van der Waals surface area (Å²) in [5.41, 5.74) is 14.8. The molecule has 0 N–H and O–H groups in total. The molecule has 0 fully saturated rings. The molecule has 0 atom stereocenters. The molecule has 1 aromatic heterocycles. The lowest BCUT2D eigenvalue weighted by Gasteiger charge is -2.27. The second-order valence-corrected chi connectivity index (χ2v) is 15.6. The predicted molar refractivity (Wildman–Crippen MR) is 242 cm³/mol. The molecule has 0 amide bonds. The van der Waals surface area contributed by atoms with Crippen LogP contribution in [0.2, 0.25) is 0 Å². The molecule has 9 aromatic rings. The quantitative estimate of drug-likeness (QED) is 0.147. The third-order valence-electron chi connectivity index (χ3n) is 10.8. The van der Waals surface area contributed by atoms with E-state index in [2.05, 4.69) is 211 Å². The van der Waals surface area contributed by atoms with Crippen LogP contribution < -0.4 is 4.90 Å². The largest absolute Gasteiger partial charge is 0.311 e. The second-order valence-electron chi connectivity index (χ2n) is 15.6. The molecule has 0 aliphatic heterocycles. The van der Waals surface area contributed by atoms with E-state index in [0.717, 1.165) is 56.7 Å². The average molecular weight is 749 g/mol. The number of para-hydroxylation sites is 2. The Balaban J connectivity index is 1.05. The van der Waals surface area contributed by atoms with E-state index in [4.69, 9.17) is 5.10 Å². The third-order valence-corrected chi connectivity index (χ3v) is 10.8. The van der Waals surface area contributed by atoms with E-state index in [1.54, 1.807) is 0 Å². The van der Waals surface area contributed by atoms with Crippen molar-refractivity contribution in [2.45, 2.75) is 26.2 Å². The van der Waals surface area contributed by atoms with Gasteiger partial charge in [-0.05, 0) is 92.9 Å². The molecule has 4 heteroatoms. The van der Waals surface area contributed by atoms with Crippen molar-refractivity contribution in [2.24, 2.45) is 0 Å². The van der Waals surface area contributed by atoms with Crippen LogP contribution in [0, 0.1) is 0 Å². The predicted octanol–water partition coefficient (Wildman–Crippen LogP) is 14.4. The molecule has 1 heterocycles. The van der Waals surface area contributed by atoms with Gasteiger partial charge < -0.3 is 4.90 Å². The fraction of sp³-hybridized carbons (Fsp3) is 0.0741. The van der Waals surface area contributed by atoms with E-state index >= 15 is 0 Å². The number of aromatic nitrogens is 3. The van der Waals surface area contributed by atoms with Crippen molar-refractivity contribution >= 4 is 17.1 Å². The van der Waals surface area contributed by atoms with E-state index in [0.29, 0.717) is 0 Å². The van der Waals surface area contributed by atoms with Crippen LogP contribution in [-0.4, -0.2) is 14.8 Å². The van der Waals surface area contributed by atoms with E-state index in [1.807, 2.05) is 36.4 Å². The van der Waals surface area contributed by atoms with Crippen LogP contribution in [0.1, 0.15) is 26.3 Å². The number of rotatable bonds is 9. The summed E-state index contributed by atoms with van der Waals surface area (Å²) in [6.45, 7) is 6.77. The second kappa shape index (κ2) is 15.7. The molecule has 8 aromatic carbocycles. The van der Waals surface area contributed by atoms with Crippen LogP contribution in [-0.2, 0) is 5.41 Å². The molecule has 0 radical (unpaired) electrons. The Bertz CT molecular complexity index is 2760. The van der Waals surface area contributed by atoms with Crippen molar-refractivity contribution in [3.63, 3.8) is 0 Å². The average Bonchev–Trinajstić information content (AvgIpc) is 3.73. The summed E-state index contributed by atoms with van der Waals surface area (Å²) < 4.78 is 2.14. The van der Waals surface area contributed by atoms with Gasteiger partial charge >= 0.3 is 0 Å². The molecule has 0 saturated carbocycles. The van der Waals surface area contributed by atoms with Crippen molar-refractivity contribution in [2.75, 3.05) is 4.90 Å². The lowest BCUT2D eigenvalue weighted by Crippen LogP contribution is -2.13. The summed E-state index contributed by atoms with van der Waals surface area (Å²) in [7, 11) is 0. The number of anilines is 3. The molecule has 0 bridgehead atoms. The molecule has 0 aliphatic rings. The van der Waals surface area contributed by atoms with Gasteiger partial charge in [0, 0.05) is 33.9 Å². The molecule has 0 spiro atoms. The van der Waals surface area contributed by atoms with Crippen LogP contribution in [0.3, 0.4) is 0 Å². The Morgan fingerprint density at radius 1 is 0.345 bits per heavy atom. The van der Waals surface area contributed by atoms with E-state index < -0.39 is 0 Å². The first-order chi connectivity index (χ1) is 28.4. The Kier molecular flexibility index (Phi) is 9.83. The monoisotopic (exact) mass is 748 g/mol. The Morgan fingerprint density at radius 2 is 0.707 bits per heavy atom. The lowest BCUT2D eigenvalue weighted by atomic mass is 9.87. The van der Waals surface area contributed by atoms with Crippen molar-refractivity contribution in [1.29, 1.82) is 0 Å². The Labute approximate surface area is 341 Å². The first-order valence-corrected chi connectivity index (χ1v) is 19.8. The van der Waals surface area contributed by atoms with Gasteiger partial charge in [-0.25, -0.2) is 0 Å². The topological polar surface area (TPSA) is 34.0 Å². The van der Waals surface area contributed by atoms with Gasteiger partial charge in [-0.3, -0.25) is 4.57 Å². The van der Waals surface area contributed by atoms with E-state index in [-0.39, 0.29) is 5.41 Å². The zero-order valence-electron chi connectivity index (χ0n) is 33.0. The van der Waals surface area contributed by atoms with E-state index in [1.165, 1.54) is 27.8 Å². The lowest BCUT2D eigenvalue weighted by molar-refractivity contribution is 0.590. The summed E-state index contributed by atoms with van der Waals surface area (Å²) in [5.74, 6) is 1.61. The highest BCUT2D eigenvalue weighted by Gasteiger charge is 2.20.